The van der Waals surface area contributed by atoms with Gasteiger partial charge in [0.2, 0.25) is 0 Å². The molecule has 0 radical (unpaired) electrons. The Labute approximate surface area is 248 Å². The summed E-state index contributed by atoms with van der Waals surface area (Å²) in [6.07, 6.45) is 2.56. The van der Waals surface area contributed by atoms with Crippen LogP contribution in [0.2, 0.25) is 0 Å². The number of non-ortho nitro benzene ring substituents is 2. The normalized spacial score (nSPS) is 15.8. The molecular weight excluding hydrogens is 556 g/mol. The first-order valence-corrected chi connectivity index (χ1v) is 14.3. The van der Waals surface area contributed by atoms with Gasteiger partial charge >= 0.3 is 0 Å². The lowest BCUT2D eigenvalue weighted by atomic mass is 9.69. The highest BCUT2D eigenvalue weighted by molar-refractivity contribution is 6.35. The third kappa shape index (κ3) is 2.82. The highest BCUT2D eigenvalue weighted by Gasteiger charge is 2.38. The van der Waals surface area contributed by atoms with Crippen molar-refractivity contribution in [3.8, 4) is 22.3 Å². The van der Waals surface area contributed by atoms with Crippen molar-refractivity contribution >= 4 is 61.3 Å². The molecule has 0 saturated carbocycles. The molecule has 0 aliphatic heterocycles. The quantitative estimate of drug-likeness (QED) is 0.0903. The van der Waals surface area contributed by atoms with Gasteiger partial charge in [-0.15, -0.1) is 0 Å². The van der Waals surface area contributed by atoms with E-state index in [-0.39, 0.29) is 22.9 Å². The molecule has 44 heavy (non-hydrogen) atoms. The molecule has 6 aromatic rings. The predicted octanol–water partition coefficient (Wildman–Crippen LogP) is 7.64. The van der Waals surface area contributed by atoms with Crippen molar-refractivity contribution in [1.29, 1.82) is 0 Å². The molecule has 0 bridgehead atoms. The second-order valence-corrected chi connectivity index (χ2v) is 12.0. The minimum absolute atomic E-state index is 0.0997. The van der Waals surface area contributed by atoms with Crippen LogP contribution in [0.1, 0.15) is 55.3 Å². The van der Waals surface area contributed by atoms with Gasteiger partial charge in [0.05, 0.1) is 15.8 Å². The summed E-state index contributed by atoms with van der Waals surface area (Å²) in [5.41, 5.74) is 7.19. The summed E-state index contributed by atoms with van der Waals surface area (Å²) in [6, 6.07) is 17.0. The number of benzene rings is 6. The minimum atomic E-state index is -0.484. The van der Waals surface area contributed by atoms with E-state index in [1.165, 1.54) is 24.3 Å². The van der Waals surface area contributed by atoms with E-state index in [9.17, 15) is 29.8 Å². The number of nitro benzene ring substituents is 2. The molecule has 0 fully saturated rings. The first kappa shape index (κ1) is 24.8. The van der Waals surface area contributed by atoms with Crippen molar-refractivity contribution in [2.45, 2.75) is 26.2 Å². The standard InChI is InChI=1S/C36H20N2O6/c1-15-11-25-19-5-3-17(37(41)42)13-27(19)35(39)23-9-7-21-22-8-10-24-32-26(20-6-4-18(38(43)44)14-28(20)36(24)40)12-16(2)30(34(22)32)29(15)33(21)31(23)25/h3-9,11-14,24H,10H2,1-2H3. The van der Waals surface area contributed by atoms with E-state index in [4.69, 9.17) is 0 Å². The first-order chi connectivity index (χ1) is 21.2. The summed E-state index contributed by atoms with van der Waals surface area (Å²) in [6.45, 7) is 4.09. The number of ketones is 2. The maximum absolute atomic E-state index is 13.9. The molecule has 9 rings (SSSR count). The largest absolute Gasteiger partial charge is 0.293 e. The number of hydrogen-bond donors (Lipinski definition) is 0. The minimum Gasteiger partial charge on any atom is -0.293 e. The second-order valence-electron chi connectivity index (χ2n) is 12.0. The first-order valence-electron chi connectivity index (χ1n) is 14.3. The Balaban J connectivity index is 1.45. The van der Waals surface area contributed by atoms with E-state index in [0.29, 0.717) is 34.2 Å². The zero-order valence-corrected chi connectivity index (χ0v) is 23.5. The Morgan fingerprint density at radius 2 is 1.20 bits per heavy atom. The lowest BCUT2D eigenvalue weighted by Crippen LogP contribution is -2.26. The summed E-state index contributed by atoms with van der Waals surface area (Å²) in [7, 11) is 0. The van der Waals surface area contributed by atoms with Crippen LogP contribution in [0.25, 0.3) is 60.6 Å². The monoisotopic (exact) mass is 576 g/mol. The summed E-state index contributed by atoms with van der Waals surface area (Å²) in [5, 5.41) is 29.9. The average molecular weight is 577 g/mol. The number of hydrogen-bond acceptors (Lipinski definition) is 6. The number of fused-ring (bicyclic) bond motifs is 6. The van der Waals surface area contributed by atoms with Crippen LogP contribution in [0.4, 0.5) is 11.4 Å². The summed E-state index contributed by atoms with van der Waals surface area (Å²) < 4.78 is 0. The zero-order chi connectivity index (χ0) is 30.3. The molecule has 210 valence electrons. The van der Waals surface area contributed by atoms with E-state index >= 15 is 0 Å². The molecule has 0 saturated heterocycles. The fourth-order valence-electron chi connectivity index (χ4n) is 8.09. The van der Waals surface area contributed by atoms with E-state index in [1.54, 1.807) is 12.1 Å². The number of Topliss-reactive ketones (excluding diaryl/α,β-unsaturated/α-hetero) is 1. The van der Waals surface area contributed by atoms with Crippen LogP contribution in [0.3, 0.4) is 0 Å². The summed E-state index contributed by atoms with van der Waals surface area (Å²) in [5.74, 6) is -0.794. The van der Waals surface area contributed by atoms with Gasteiger partial charge in [-0.3, -0.25) is 29.8 Å². The fourth-order valence-corrected chi connectivity index (χ4v) is 8.09. The van der Waals surface area contributed by atoms with E-state index < -0.39 is 15.8 Å². The van der Waals surface area contributed by atoms with Crippen molar-refractivity contribution in [3.63, 3.8) is 0 Å². The van der Waals surface area contributed by atoms with Crippen molar-refractivity contribution in [2.24, 2.45) is 0 Å². The van der Waals surface area contributed by atoms with Crippen LogP contribution in [0.15, 0.2) is 60.7 Å². The average Bonchev–Trinajstić information content (AvgIpc) is 3.02. The molecule has 8 nitrogen and oxygen atoms in total. The lowest BCUT2D eigenvalue weighted by molar-refractivity contribution is -0.385. The van der Waals surface area contributed by atoms with Crippen LogP contribution in [0.5, 0.6) is 0 Å². The van der Waals surface area contributed by atoms with Crippen LogP contribution in [-0.4, -0.2) is 21.4 Å². The van der Waals surface area contributed by atoms with Gasteiger partial charge in [0, 0.05) is 46.3 Å². The van der Waals surface area contributed by atoms with Gasteiger partial charge in [0.15, 0.2) is 11.6 Å². The van der Waals surface area contributed by atoms with E-state index in [0.717, 1.165) is 65.4 Å². The molecule has 1 unspecified atom stereocenters. The number of carbonyl (C=O) groups excluding carboxylic acids is 2. The molecule has 3 aliphatic rings. The molecule has 8 heteroatoms. The van der Waals surface area contributed by atoms with Crippen molar-refractivity contribution in [2.75, 3.05) is 0 Å². The molecule has 0 heterocycles. The number of carbonyl (C=O) groups is 2. The molecule has 0 N–H and O–H groups in total. The third-order valence-corrected chi connectivity index (χ3v) is 9.84. The van der Waals surface area contributed by atoms with Crippen molar-refractivity contribution in [1.82, 2.24) is 0 Å². The van der Waals surface area contributed by atoms with E-state index in [2.05, 4.69) is 18.2 Å². The second kappa shape index (κ2) is 7.99. The maximum Gasteiger partial charge on any atom is 0.270 e. The lowest BCUT2D eigenvalue weighted by Gasteiger charge is -2.32. The Morgan fingerprint density at radius 3 is 1.89 bits per heavy atom. The molecular formula is C36H20N2O6. The number of rotatable bonds is 2. The Bertz CT molecular complexity index is 2550. The van der Waals surface area contributed by atoms with Gasteiger partial charge in [-0.1, -0.05) is 24.3 Å². The van der Waals surface area contributed by atoms with E-state index in [1.807, 2.05) is 26.0 Å². The van der Waals surface area contributed by atoms with Crippen LogP contribution >= 0.6 is 0 Å². The molecule has 0 spiro atoms. The summed E-state index contributed by atoms with van der Waals surface area (Å²) >= 11 is 0. The number of nitrogens with zero attached hydrogens (tertiary/aromatic N) is 2. The van der Waals surface area contributed by atoms with Crippen molar-refractivity contribution in [3.05, 3.63) is 119 Å². The van der Waals surface area contributed by atoms with Gasteiger partial charge in [0.25, 0.3) is 11.4 Å². The molecule has 0 aromatic heterocycles. The number of aryl methyl sites for hydroxylation is 2. The highest BCUT2D eigenvalue weighted by Crippen LogP contribution is 2.51. The van der Waals surface area contributed by atoms with Gasteiger partial charge in [-0.25, -0.2) is 0 Å². The maximum atomic E-state index is 13.9. The SMILES string of the molecule is Cc1cc2c3c4c(c5ccc6c7c(cc(C)c(c14)c75)-c1ccc([N+](=O)[O-])cc1C6=O)=CCC3C(=O)c1cc([N+](=O)[O-])ccc1-2. The van der Waals surface area contributed by atoms with Gasteiger partial charge < -0.3 is 0 Å². The smallest absolute Gasteiger partial charge is 0.270 e. The Hall–Kier alpha value is -5.76. The molecule has 3 aliphatic carbocycles. The highest BCUT2D eigenvalue weighted by atomic mass is 16.6. The topological polar surface area (TPSA) is 120 Å². The fraction of sp³-hybridized carbons (Fsp3) is 0.111. The molecule has 6 aromatic carbocycles. The van der Waals surface area contributed by atoms with Gasteiger partial charge in [-0.05, 0) is 110 Å². The number of nitro groups is 2. The van der Waals surface area contributed by atoms with Gasteiger partial charge in [-0.2, -0.15) is 0 Å². The van der Waals surface area contributed by atoms with Crippen LogP contribution < -0.4 is 5.22 Å². The third-order valence-electron chi connectivity index (χ3n) is 9.84. The molecule has 1 atom stereocenters. The van der Waals surface area contributed by atoms with Crippen molar-refractivity contribution < 1.29 is 19.4 Å². The Morgan fingerprint density at radius 1 is 0.614 bits per heavy atom. The van der Waals surface area contributed by atoms with Crippen LogP contribution in [-0.2, 0) is 0 Å². The Kier molecular flexibility index (Phi) is 4.50. The summed E-state index contributed by atoms with van der Waals surface area (Å²) in [4.78, 5) is 49.8. The van der Waals surface area contributed by atoms with Crippen LogP contribution in [0, 0.1) is 34.1 Å². The predicted molar refractivity (Wildman–Crippen MR) is 167 cm³/mol. The van der Waals surface area contributed by atoms with Gasteiger partial charge in [0.1, 0.15) is 0 Å². The zero-order valence-electron chi connectivity index (χ0n) is 23.5. The molecule has 0 amide bonds.